The summed E-state index contributed by atoms with van der Waals surface area (Å²) in [4.78, 5) is 33.3. The third-order valence-electron chi connectivity index (χ3n) is 3.15. The van der Waals surface area contributed by atoms with Crippen LogP contribution in [0.3, 0.4) is 0 Å². The van der Waals surface area contributed by atoms with E-state index in [9.17, 15) is 14.4 Å². The number of aliphatic carboxylic acids is 1. The molecule has 0 rings (SSSR count). The second-order valence-corrected chi connectivity index (χ2v) is 5.09. The molecule has 1 atom stereocenters. The molecule has 0 fully saturated rings. The highest BCUT2D eigenvalue weighted by Crippen LogP contribution is 2.13. The molecule has 22 heavy (non-hydrogen) atoms. The van der Waals surface area contributed by atoms with E-state index in [1.165, 1.54) is 6.92 Å². The molecule has 1 N–H and O–H groups in total. The number of carbonyl (C=O) groups excluding carboxylic acids is 2. The van der Waals surface area contributed by atoms with Gasteiger partial charge in [0, 0.05) is 28.0 Å². The highest BCUT2D eigenvalue weighted by molar-refractivity contribution is 5.77. The first-order valence-corrected chi connectivity index (χ1v) is 7.34. The summed E-state index contributed by atoms with van der Waals surface area (Å²) in [6, 6.07) is 0. The number of rotatable bonds is 13. The van der Waals surface area contributed by atoms with Gasteiger partial charge < -0.3 is 19.4 Å². The molecule has 0 radical (unpaired) electrons. The van der Waals surface area contributed by atoms with Crippen LogP contribution in [0.4, 0.5) is 0 Å². The zero-order chi connectivity index (χ0) is 16.1. The van der Waals surface area contributed by atoms with Crippen molar-refractivity contribution in [3.63, 3.8) is 0 Å². The predicted molar refractivity (Wildman–Crippen MR) is 85.8 cm³/mol. The number of hydrogen-bond donors (Lipinski definition) is 1. The van der Waals surface area contributed by atoms with Crippen LogP contribution in [0.5, 0.6) is 0 Å². The molecule has 0 heterocycles. The number of carbonyl (C=O) groups is 3. The molecule has 132 valence electrons. The molecule has 0 saturated heterocycles. The van der Waals surface area contributed by atoms with Crippen molar-refractivity contribution in [2.75, 3.05) is 20.3 Å². The van der Waals surface area contributed by atoms with Gasteiger partial charge in [0.15, 0.2) is 0 Å². The molecule has 0 aliphatic rings. The van der Waals surface area contributed by atoms with E-state index < -0.39 is 11.9 Å². The third-order valence-corrected chi connectivity index (χ3v) is 3.15. The molecule has 0 aromatic heterocycles. The van der Waals surface area contributed by atoms with Crippen LogP contribution in [0.15, 0.2) is 0 Å². The summed E-state index contributed by atoms with van der Waals surface area (Å²) in [7, 11) is 1.64. The lowest BCUT2D eigenvalue weighted by Gasteiger charge is -2.11. The van der Waals surface area contributed by atoms with Crippen molar-refractivity contribution >= 4 is 17.7 Å². The minimum absolute atomic E-state index is 0. The van der Waals surface area contributed by atoms with Gasteiger partial charge >= 0.3 is 11.9 Å². The lowest BCUT2D eigenvalue weighted by Crippen LogP contribution is -2.18. The normalized spacial score (nSPS) is 11.4. The van der Waals surface area contributed by atoms with Crippen LogP contribution in [0.1, 0.15) is 60.7 Å². The Hall–Kier alpha value is -1.43. The van der Waals surface area contributed by atoms with Gasteiger partial charge in [-0.05, 0) is 32.6 Å². The van der Waals surface area contributed by atoms with Crippen LogP contribution in [0, 0.1) is 5.92 Å². The Morgan fingerprint density at radius 2 is 1.73 bits per heavy atom. The number of unbranched alkanes of at least 4 members (excludes halogenated alkanes) is 2. The Morgan fingerprint density at radius 1 is 1.05 bits per heavy atom. The highest BCUT2D eigenvalue weighted by Gasteiger charge is 2.18. The number of methoxy groups -OCH3 is 1. The van der Waals surface area contributed by atoms with Gasteiger partial charge in [-0.15, -0.1) is 0 Å². The summed E-state index contributed by atoms with van der Waals surface area (Å²) in [6.45, 7) is 2.21. The largest absolute Gasteiger partial charge is 0.481 e. The summed E-state index contributed by atoms with van der Waals surface area (Å²) in [5.74, 6) is -1.92. The average Bonchev–Trinajstić information content (AvgIpc) is 2.41. The number of ketones is 1. The van der Waals surface area contributed by atoms with Crippen LogP contribution < -0.4 is 0 Å². The molecule has 0 aliphatic heterocycles. The Kier molecular flexibility index (Phi) is 15.1. The summed E-state index contributed by atoms with van der Waals surface area (Å²) in [5, 5.41) is 9.01. The van der Waals surface area contributed by atoms with Crippen LogP contribution in [0.25, 0.3) is 0 Å². The predicted octanol–water partition coefficient (Wildman–Crippen LogP) is 3.08. The van der Waals surface area contributed by atoms with Gasteiger partial charge in [0.1, 0.15) is 5.78 Å². The first-order chi connectivity index (χ1) is 9.97. The van der Waals surface area contributed by atoms with Crippen molar-refractivity contribution in [1.82, 2.24) is 0 Å². The molecule has 6 heteroatoms. The van der Waals surface area contributed by atoms with Crippen molar-refractivity contribution in [2.45, 2.75) is 59.3 Å². The monoisotopic (exact) mass is 321 g/mol. The van der Waals surface area contributed by atoms with Crippen molar-refractivity contribution in [3.8, 4) is 0 Å². The van der Waals surface area contributed by atoms with E-state index in [4.69, 9.17) is 14.6 Å². The number of ether oxygens (including phenoxy) is 2. The smallest absolute Gasteiger partial charge is 0.306 e. The average molecular weight is 321 g/mol. The fourth-order valence-corrected chi connectivity index (χ4v) is 1.85. The minimum atomic E-state index is -0.952. The zero-order valence-electron chi connectivity index (χ0n) is 12.9. The van der Waals surface area contributed by atoms with Gasteiger partial charge in [0.25, 0.3) is 0 Å². The number of carboxylic acid groups (broad SMARTS) is 1. The Balaban J connectivity index is -0.00000200. The maximum Gasteiger partial charge on any atom is 0.306 e. The molecule has 0 saturated carbocycles. The number of hydrogen-bond acceptors (Lipinski definition) is 5. The molecule has 0 aromatic carbocycles. The van der Waals surface area contributed by atoms with Crippen LogP contribution >= 0.6 is 0 Å². The summed E-state index contributed by atoms with van der Waals surface area (Å²) in [6.07, 6.45) is 3.68. The molecule has 0 bridgehead atoms. The van der Waals surface area contributed by atoms with E-state index >= 15 is 0 Å². The van der Waals surface area contributed by atoms with Crippen molar-refractivity contribution < 1.29 is 30.4 Å². The van der Waals surface area contributed by atoms with E-state index in [1.807, 2.05) is 0 Å². The Morgan fingerprint density at radius 3 is 2.27 bits per heavy atom. The lowest BCUT2D eigenvalue weighted by atomic mass is 9.99. The standard InChI is InChI=1S/C15H26O6.CH4.H2/c1-12(16)7-8-13(15(18)19)9-11-21-14(17)6-4-3-5-10-20-2;;/h13H,3-11H2,1-2H3,(H,18,19);1H4;1H/i;;1+1. The summed E-state index contributed by atoms with van der Waals surface area (Å²) in [5.41, 5.74) is 0. The van der Waals surface area contributed by atoms with Crippen LogP contribution in [-0.4, -0.2) is 43.2 Å². The summed E-state index contributed by atoms with van der Waals surface area (Å²) >= 11 is 0. The first kappa shape index (κ1) is 22.8. The Labute approximate surface area is 134 Å². The fraction of sp³-hybridized carbons (Fsp3) is 0.812. The molecule has 0 spiro atoms. The van der Waals surface area contributed by atoms with E-state index in [1.54, 1.807) is 7.11 Å². The van der Waals surface area contributed by atoms with Crippen molar-refractivity contribution in [2.24, 2.45) is 5.92 Å². The lowest BCUT2D eigenvalue weighted by molar-refractivity contribution is -0.148. The maximum absolute atomic E-state index is 11.4. The molecule has 0 amide bonds. The SMILES string of the molecule is C.COCCCCCC(=O)OCCC(CCC(C)=O)C(=O)O.[2HH]. The number of Topliss-reactive ketones (excluding diaryl/α,β-unsaturated/α-hetero) is 1. The fourth-order valence-electron chi connectivity index (χ4n) is 1.85. The first-order valence-electron chi connectivity index (χ1n) is 7.34. The number of carboxylic acids is 1. The van der Waals surface area contributed by atoms with Gasteiger partial charge in [0.2, 0.25) is 0 Å². The van der Waals surface area contributed by atoms with E-state index in [2.05, 4.69) is 0 Å². The number of esters is 1. The van der Waals surface area contributed by atoms with Gasteiger partial charge in [-0.1, -0.05) is 13.8 Å². The molecule has 0 aromatic rings. The van der Waals surface area contributed by atoms with Gasteiger partial charge in [0.05, 0.1) is 12.5 Å². The van der Waals surface area contributed by atoms with Crippen LogP contribution in [0.2, 0.25) is 0 Å². The highest BCUT2D eigenvalue weighted by atomic mass is 16.5. The molecular weight excluding hydrogens is 288 g/mol. The van der Waals surface area contributed by atoms with E-state index in [0.717, 1.165) is 19.3 Å². The zero-order valence-corrected chi connectivity index (χ0v) is 12.9. The van der Waals surface area contributed by atoms with Crippen molar-refractivity contribution in [3.05, 3.63) is 0 Å². The quantitative estimate of drug-likeness (QED) is 0.414. The molecular formula is C16H32O6. The van der Waals surface area contributed by atoms with E-state index in [-0.39, 0.29) is 40.1 Å². The third kappa shape index (κ3) is 13.5. The topological polar surface area (TPSA) is 89.9 Å². The second kappa shape index (κ2) is 14.5. The second-order valence-electron chi connectivity index (χ2n) is 5.09. The van der Waals surface area contributed by atoms with E-state index in [0.29, 0.717) is 19.4 Å². The van der Waals surface area contributed by atoms with Gasteiger partial charge in [-0.25, -0.2) is 0 Å². The maximum atomic E-state index is 11.4. The minimum Gasteiger partial charge on any atom is -0.481 e. The Bertz CT molecular complexity index is 333. The van der Waals surface area contributed by atoms with Crippen LogP contribution in [-0.2, 0) is 23.9 Å². The van der Waals surface area contributed by atoms with Gasteiger partial charge in [-0.2, -0.15) is 0 Å². The molecule has 1 unspecified atom stereocenters. The van der Waals surface area contributed by atoms with Crippen molar-refractivity contribution in [1.29, 1.82) is 0 Å². The van der Waals surface area contributed by atoms with Gasteiger partial charge in [-0.3, -0.25) is 9.59 Å². The molecule has 0 aliphatic carbocycles. The molecule has 6 nitrogen and oxygen atoms in total. The summed E-state index contributed by atoms with van der Waals surface area (Å²) < 4.78 is 9.92.